The van der Waals surface area contributed by atoms with Crippen molar-refractivity contribution in [3.05, 3.63) is 52.4 Å². The Morgan fingerprint density at radius 2 is 2.11 bits per heavy atom. The summed E-state index contributed by atoms with van der Waals surface area (Å²) in [5.41, 5.74) is 8.79. The Morgan fingerprint density at radius 3 is 2.74 bits per heavy atom. The van der Waals surface area contributed by atoms with Crippen LogP contribution in [-0.4, -0.2) is 16.5 Å². The van der Waals surface area contributed by atoms with Crippen molar-refractivity contribution in [2.24, 2.45) is 0 Å². The molecule has 2 aromatic rings. The second kappa shape index (κ2) is 5.99. The molecule has 0 aliphatic rings. The summed E-state index contributed by atoms with van der Waals surface area (Å²) in [5.74, 6) is 0.507. The summed E-state index contributed by atoms with van der Waals surface area (Å²) in [6.07, 6.45) is 3.44. The zero-order chi connectivity index (χ0) is 13.8. The van der Waals surface area contributed by atoms with Gasteiger partial charge in [0.15, 0.2) is 0 Å². The minimum absolute atomic E-state index is 0.146. The van der Waals surface area contributed by atoms with Crippen molar-refractivity contribution in [1.82, 2.24) is 15.3 Å². The Morgan fingerprint density at radius 1 is 1.32 bits per heavy atom. The standard InChI is InChI=1S/C14H17ClN4/c1-3-17-13(12-10(15)5-4-7-18-12)11-9(2)6-8-19-14(11)16/h4-8,13,17H,3H2,1-2H3,(H2,16,19). The van der Waals surface area contributed by atoms with Crippen LogP contribution in [0.4, 0.5) is 5.82 Å². The SMILES string of the molecule is CCNC(c1ncccc1Cl)c1c(C)ccnc1N. The number of hydrogen-bond acceptors (Lipinski definition) is 4. The van der Waals surface area contributed by atoms with Crippen LogP contribution in [0.25, 0.3) is 0 Å². The summed E-state index contributed by atoms with van der Waals surface area (Å²) < 4.78 is 0. The third kappa shape index (κ3) is 2.85. The van der Waals surface area contributed by atoms with Crippen LogP contribution in [-0.2, 0) is 0 Å². The molecule has 0 aliphatic carbocycles. The second-order valence-corrected chi connectivity index (χ2v) is 4.70. The van der Waals surface area contributed by atoms with Crippen LogP contribution in [0.5, 0.6) is 0 Å². The smallest absolute Gasteiger partial charge is 0.128 e. The molecule has 4 nitrogen and oxygen atoms in total. The molecule has 5 heteroatoms. The maximum Gasteiger partial charge on any atom is 0.128 e. The van der Waals surface area contributed by atoms with Crippen LogP contribution in [0.15, 0.2) is 30.6 Å². The van der Waals surface area contributed by atoms with Gasteiger partial charge < -0.3 is 11.1 Å². The molecule has 0 amide bonds. The monoisotopic (exact) mass is 276 g/mol. The first kappa shape index (κ1) is 13.8. The molecular weight excluding hydrogens is 260 g/mol. The van der Waals surface area contributed by atoms with Gasteiger partial charge in [0.2, 0.25) is 0 Å². The molecule has 2 aromatic heterocycles. The molecule has 0 saturated carbocycles. The Bertz CT molecular complexity index is 551. The van der Waals surface area contributed by atoms with Crippen molar-refractivity contribution < 1.29 is 0 Å². The maximum absolute atomic E-state index is 6.25. The average Bonchev–Trinajstić information content (AvgIpc) is 2.38. The van der Waals surface area contributed by atoms with Crippen LogP contribution >= 0.6 is 11.6 Å². The Hall–Kier alpha value is -1.65. The molecule has 1 atom stereocenters. The predicted molar refractivity (Wildman–Crippen MR) is 78.2 cm³/mol. The number of aromatic nitrogens is 2. The van der Waals surface area contributed by atoms with E-state index in [4.69, 9.17) is 17.3 Å². The molecule has 100 valence electrons. The minimum Gasteiger partial charge on any atom is -0.383 e. The maximum atomic E-state index is 6.25. The number of rotatable bonds is 4. The first-order chi connectivity index (χ1) is 9.15. The van der Waals surface area contributed by atoms with Gasteiger partial charge in [-0.05, 0) is 37.2 Å². The fraction of sp³-hybridized carbons (Fsp3) is 0.286. The average molecular weight is 277 g/mol. The summed E-state index contributed by atoms with van der Waals surface area (Å²) in [6.45, 7) is 4.83. The van der Waals surface area contributed by atoms with Gasteiger partial charge in [-0.3, -0.25) is 4.98 Å². The molecule has 0 saturated heterocycles. The molecule has 1 unspecified atom stereocenters. The van der Waals surface area contributed by atoms with Crippen molar-refractivity contribution in [3.8, 4) is 0 Å². The molecular formula is C14H17ClN4. The second-order valence-electron chi connectivity index (χ2n) is 4.29. The van der Waals surface area contributed by atoms with Crippen molar-refractivity contribution in [1.29, 1.82) is 0 Å². The topological polar surface area (TPSA) is 63.8 Å². The summed E-state index contributed by atoms with van der Waals surface area (Å²) in [7, 11) is 0. The number of nitrogens with one attached hydrogen (secondary N) is 1. The molecule has 0 radical (unpaired) electrons. The number of nitrogen functional groups attached to an aromatic ring is 1. The summed E-state index contributed by atoms with van der Waals surface area (Å²) in [4.78, 5) is 8.54. The van der Waals surface area contributed by atoms with E-state index in [2.05, 4.69) is 15.3 Å². The van der Waals surface area contributed by atoms with E-state index in [0.717, 1.165) is 23.4 Å². The normalized spacial score (nSPS) is 12.4. The fourth-order valence-corrected chi connectivity index (χ4v) is 2.35. The molecule has 0 bridgehead atoms. The quantitative estimate of drug-likeness (QED) is 0.901. The Balaban J connectivity index is 2.55. The van der Waals surface area contributed by atoms with Crippen LogP contribution in [0.1, 0.15) is 29.8 Å². The number of nitrogens with zero attached hydrogens (tertiary/aromatic N) is 2. The van der Waals surface area contributed by atoms with Crippen LogP contribution in [0.3, 0.4) is 0 Å². The van der Waals surface area contributed by atoms with E-state index in [1.807, 2.05) is 32.0 Å². The summed E-state index contributed by atoms with van der Waals surface area (Å²) in [5, 5.41) is 3.99. The number of hydrogen-bond donors (Lipinski definition) is 2. The van der Waals surface area contributed by atoms with Gasteiger partial charge in [-0.25, -0.2) is 4.98 Å². The lowest BCUT2D eigenvalue weighted by molar-refractivity contribution is 0.613. The van der Waals surface area contributed by atoms with Crippen molar-refractivity contribution in [2.75, 3.05) is 12.3 Å². The van der Waals surface area contributed by atoms with Gasteiger partial charge in [-0.1, -0.05) is 18.5 Å². The highest BCUT2D eigenvalue weighted by atomic mass is 35.5. The van der Waals surface area contributed by atoms with Gasteiger partial charge in [0, 0.05) is 18.0 Å². The third-order valence-corrected chi connectivity index (χ3v) is 3.32. The van der Waals surface area contributed by atoms with Crippen LogP contribution in [0, 0.1) is 6.92 Å². The lowest BCUT2D eigenvalue weighted by Gasteiger charge is -2.21. The zero-order valence-corrected chi connectivity index (χ0v) is 11.8. The van der Waals surface area contributed by atoms with Gasteiger partial charge in [0.25, 0.3) is 0 Å². The fourth-order valence-electron chi connectivity index (χ4n) is 2.12. The van der Waals surface area contributed by atoms with Gasteiger partial charge in [0.1, 0.15) is 5.82 Å². The van der Waals surface area contributed by atoms with Gasteiger partial charge in [-0.2, -0.15) is 0 Å². The van der Waals surface area contributed by atoms with E-state index in [1.165, 1.54) is 0 Å². The number of anilines is 1. The predicted octanol–water partition coefficient (Wildman–Crippen LogP) is 2.72. The van der Waals surface area contributed by atoms with E-state index < -0.39 is 0 Å². The molecule has 2 heterocycles. The zero-order valence-electron chi connectivity index (χ0n) is 11.0. The van der Waals surface area contributed by atoms with Crippen molar-refractivity contribution in [3.63, 3.8) is 0 Å². The molecule has 2 rings (SSSR count). The van der Waals surface area contributed by atoms with E-state index in [0.29, 0.717) is 10.8 Å². The highest BCUT2D eigenvalue weighted by Crippen LogP contribution is 2.30. The number of nitrogens with two attached hydrogens (primary N) is 1. The summed E-state index contributed by atoms with van der Waals surface area (Å²) >= 11 is 6.25. The van der Waals surface area contributed by atoms with Gasteiger partial charge in [0.05, 0.1) is 16.8 Å². The Labute approximate surface area is 118 Å². The lowest BCUT2D eigenvalue weighted by Crippen LogP contribution is -2.25. The number of aryl methyl sites for hydroxylation is 1. The van der Waals surface area contributed by atoms with Crippen molar-refractivity contribution in [2.45, 2.75) is 19.9 Å². The summed E-state index contributed by atoms with van der Waals surface area (Å²) in [6, 6.07) is 5.43. The van der Waals surface area contributed by atoms with E-state index in [1.54, 1.807) is 12.4 Å². The van der Waals surface area contributed by atoms with E-state index in [-0.39, 0.29) is 6.04 Å². The first-order valence-corrected chi connectivity index (χ1v) is 6.57. The third-order valence-electron chi connectivity index (χ3n) is 3.00. The molecule has 0 spiro atoms. The largest absolute Gasteiger partial charge is 0.383 e. The van der Waals surface area contributed by atoms with Gasteiger partial charge in [-0.15, -0.1) is 0 Å². The molecule has 0 aliphatic heterocycles. The minimum atomic E-state index is -0.146. The van der Waals surface area contributed by atoms with Crippen LogP contribution < -0.4 is 11.1 Å². The Kier molecular flexibility index (Phi) is 4.35. The first-order valence-electron chi connectivity index (χ1n) is 6.20. The molecule has 0 fully saturated rings. The van der Waals surface area contributed by atoms with E-state index >= 15 is 0 Å². The highest BCUT2D eigenvalue weighted by Gasteiger charge is 2.21. The molecule has 19 heavy (non-hydrogen) atoms. The van der Waals surface area contributed by atoms with Crippen molar-refractivity contribution >= 4 is 17.4 Å². The molecule has 3 N–H and O–H groups in total. The van der Waals surface area contributed by atoms with E-state index in [9.17, 15) is 0 Å². The number of pyridine rings is 2. The van der Waals surface area contributed by atoms with Crippen LogP contribution in [0.2, 0.25) is 5.02 Å². The van der Waals surface area contributed by atoms with Gasteiger partial charge >= 0.3 is 0 Å². The molecule has 0 aromatic carbocycles. The number of halogens is 1. The highest BCUT2D eigenvalue weighted by molar-refractivity contribution is 6.31. The lowest BCUT2D eigenvalue weighted by atomic mass is 9.99.